The van der Waals surface area contributed by atoms with Gasteiger partial charge in [0, 0.05) is 23.6 Å². The highest BCUT2D eigenvalue weighted by Crippen LogP contribution is 2.36. The summed E-state index contributed by atoms with van der Waals surface area (Å²) in [4.78, 5) is 34.8. The van der Waals surface area contributed by atoms with Gasteiger partial charge < -0.3 is 14.6 Å². The number of methoxy groups -OCH3 is 1. The summed E-state index contributed by atoms with van der Waals surface area (Å²) >= 11 is 1.13. The van der Waals surface area contributed by atoms with Crippen LogP contribution in [0.15, 0.2) is 54.7 Å². The van der Waals surface area contributed by atoms with Crippen molar-refractivity contribution in [3.63, 3.8) is 0 Å². The molecule has 2 aromatic carbocycles. The number of ether oxygens (including phenoxy) is 1. The Kier molecular flexibility index (Phi) is 6.93. The number of aryl methyl sites for hydroxylation is 1. The van der Waals surface area contributed by atoms with E-state index in [1.54, 1.807) is 6.92 Å². The highest BCUT2D eigenvalue weighted by molar-refractivity contribution is 7.15. The van der Waals surface area contributed by atoms with Crippen molar-refractivity contribution in [1.82, 2.24) is 14.9 Å². The Labute approximate surface area is 203 Å². The molecule has 0 aliphatic heterocycles. The molecule has 4 aromatic rings. The molecule has 35 heavy (non-hydrogen) atoms. The average Bonchev–Trinajstić information content (AvgIpc) is 3.44. The van der Waals surface area contributed by atoms with Crippen LogP contribution >= 0.6 is 11.3 Å². The molecular formula is C25H22F3N3O3S. The van der Waals surface area contributed by atoms with Gasteiger partial charge in [0.15, 0.2) is 0 Å². The number of fused-ring (bicyclic) bond motifs is 1. The minimum absolute atomic E-state index is 0.00894. The largest absolute Gasteiger partial charge is 0.468 e. The third-order valence-corrected chi connectivity index (χ3v) is 6.57. The molecule has 6 nitrogen and oxygen atoms in total. The van der Waals surface area contributed by atoms with E-state index < -0.39 is 23.6 Å². The Morgan fingerprint density at radius 3 is 2.66 bits per heavy atom. The third-order valence-electron chi connectivity index (χ3n) is 5.55. The number of nitrogens with zero attached hydrogens (tertiary/aromatic N) is 2. The number of para-hydroxylation sites is 1. The van der Waals surface area contributed by atoms with Crippen molar-refractivity contribution < 1.29 is 27.5 Å². The summed E-state index contributed by atoms with van der Waals surface area (Å²) in [5.74, 6) is -1.16. The van der Waals surface area contributed by atoms with Crippen LogP contribution in [0.25, 0.3) is 21.3 Å². The van der Waals surface area contributed by atoms with Crippen molar-refractivity contribution in [3.05, 3.63) is 76.6 Å². The van der Waals surface area contributed by atoms with Crippen molar-refractivity contribution in [3.8, 4) is 10.4 Å². The van der Waals surface area contributed by atoms with Gasteiger partial charge in [0.2, 0.25) is 0 Å². The van der Waals surface area contributed by atoms with Gasteiger partial charge in [-0.1, -0.05) is 30.3 Å². The van der Waals surface area contributed by atoms with Gasteiger partial charge in [-0.3, -0.25) is 9.59 Å². The molecule has 10 heteroatoms. The molecule has 0 spiro atoms. The summed E-state index contributed by atoms with van der Waals surface area (Å²) in [7, 11) is 1.23. The van der Waals surface area contributed by atoms with Gasteiger partial charge in [-0.2, -0.15) is 13.2 Å². The van der Waals surface area contributed by atoms with Crippen molar-refractivity contribution in [2.45, 2.75) is 19.5 Å². The van der Waals surface area contributed by atoms with Crippen LogP contribution in [0.4, 0.5) is 13.2 Å². The molecule has 0 atom stereocenters. The maximum atomic E-state index is 13.5. The van der Waals surface area contributed by atoms with Crippen LogP contribution in [0.2, 0.25) is 0 Å². The second-order valence-electron chi connectivity index (χ2n) is 7.90. The minimum Gasteiger partial charge on any atom is -0.468 e. The number of thiazole rings is 1. The number of amides is 1. The second kappa shape index (κ2) is 9.91. The average molecular weight is 502 g/mol. The summed E-state index contributed by atoms with van der Waals surface area (Å²) in [6.07, 6.45) is -2.21. The Bertz CT molecular complexity index is 1380. The first-order valence-electron chi connectivity index (χ1n) is 10.7. The number of hydrogen-bond acceptors (Lipinski definition) is 5. The molecule has 0 fully saturated rings. The lowest BCUT2D eigenvalue weighted by Crippen LogP contribution is -2.38. The Morgan fingerprint density at radius 2 is 1.91 bits per heavy atom. The van der Waals surface area contributed by atoms with Crippen molar-refractivity contribution in [2.75, 3.05) is 20.2 Å². The number of aromatic nitrogens is 2. The van der Waals surface area contributed by atoms with Gasteiger partial charge in [-0.25, -0.2) is 4.98 Å². The van der Waals surface area contributed by atoms with Gasteiger partial charge in [0.25, 0.3) is 5.91 Å². The molecule has 1 amide bonds. The number of H-pyrrole nitrogens is 1. The third kappa shape index (κ3) is 5.37. The molecule has 1 N–H and O–H groups in total. The SMILES string of the molecule is COC(=O)CN(CCc1c[nH]c2ccccc12)C(=O)c1nc(C)sc1-c1cccc(C(F)(F)F)c1. The minimum atomic E-state index is -4.52. The molecule has 2 aromatic heterocycles. The van der Waals surface area contributed by atoms with Crippen LogP contribution in [0.1, 0.15) is 26.6 Å². The van der Waals surface area contributed by atoms with E-state index in [2.05, 4.69) is 9.97 Å². The topological polar surface area (TPSA) is 75.3 Å². The van der Waals surface area contributed by atoms with E-state index in [0.29, 0.717) is 16.3 Å². The number of rotatable bonds is 7. The van der Waals surface area contributed by atoms with E-state index in [1.807, 2.05) is 30.5 Å². The standard InChI is InChI=1S/C25H22F3N3O3S/c1-15-30-22(23(35-15)16-6-5-7-18(12-16)25(26,27)28)24(33)31(14-21(32)34-2)11-10-17-13-29-20-9-4-3-8-19(17)20/h3-9,12-13,29H,10-11,14H2,1-2H3. The molecular weight excluding hydrogens is 479 g/mol. The first kappa shape index (κ1) is 24.5. The molecule has 0 aliphatic rings. The second-order valence-corrected chi connectivity index (χ2v) is 9.10. The fourth-order valence-corrected chi connectivity index (χ4v) is 4.73. The number of esters is 1. The molecule has 0 saturated heterocycles. The Hall–Kier alpha value is -3.66. The van der Waals surface area contributed by atoms with Crippen LogP contribution in [0, 0.1) is 6.92 Å². The van der Waals surface area contributed by atoms with E-state index >= 15 is 0 Å². The number of benzene rings is 2. The van der Waals surface area contributed by atoms with Gasteiger partial charge in [-0.05, 0) is 42.7 Å². The predicted octanol–water partition coefficient (Wildman–Crippen LogP) is 5.48. The normalized spacial score (nSPS) is 11.6. The molecule has 0 bridgehead atoms. The van der Waals surface area contributed by atoms with E-state index in [4.69, 9.17) is 4.74 Å². The van der Waals surface area contributed by atoms with Gasteiger partial charge >= 0.3 is 12.1 Å². The highest BCUT2D eigenvalue weighted by Gasteiger charge is 2.32. The first-order valence-corrected chi connectivity index (χ1v) is 11.5. The van der Waals surface area contributed by atoms with Gasteiger partial charge in [0.05, 0.1) is 22.6 Å². The predicted molar refractivity (Wildman–Crippen MR) is 127 cm³/mol. The number of hydrogen-bond donors (Lipinski definition) is 1. The smallest absolute Gasteiger partial charge is 0.416 e. The summed E-state index contributed by atoms with van der Waals surface area (Å²) in [6, 6.07) is 12.5. The maximum Gasteiger partial charge on any atom is 0.416 e. The lowest BCUT2D eigenvalue weighted by molar-refractivity contribution is -0.141. The van der Waals surface area contributed by atoms with E-state index in [-0.39, 0.29) is 24.3 Å². The van der Waals surface area contributed by atoms with E-state index in [1.165, 1.54) is 24.1 Å². The lowest BCUT2D eigenvalue weighted by Gasteiger charge is -2.21. The van der Waals surface area contributed by atoms with E-state index in [0.717, 1.165) is 39.9 Å². The molecule has 4 rings (SSSR count). The zero-order chi connectivity index (χ0) is 25.2. The number of halogens is 3. The number of nitrogens with one attached hydrogen (secondary N) is 1. The zero-order valence-corrected chi connectivity index (χ0v) is 19.8. The highest BCUT2D eigenvalue weighted by atomic mass is 32.1. The summed E-state index contributed by atoms with van der Waals surface area (Å²) in [6.45, 7) is 1.56. The van der Waals surface area contributed by atoms with Crippen LogP contribution in [0.3, 0.4) is 0 Å². The Morgan fingerprint density at radius 1 is 1.14 bits per heavy atom. The van der Waals surface area contributed by atoms with Crippen LogP contribution < -0.4 is 0 Å². The summed E-state index contributed by atoms with van der Waals surface area (Å²) in [5.41, 5.74) is 1.36. The van der Waals surface area contributed by atoms with E-state index in [9.17, 15) is 22.8 Å². The number of aromatic amines is 1. The maximum absolute atomic E-state index is 13.5. The Balaban J connectivity index is 1.65. The molecule has 0 radical (unpaired) electrons. The summed E-state index contributed by atoms with van der Waals surface area (Å²) < 4.78 is 44.6. The van der Waals surface area contributed by atoms with Gasteiger partial charge in [-0.15, -0.1) is 11.3 Å². The van der Waals surface area contributed by atoms with Crippen LogP contribution in [-0.4, -0.2) is 46.9 Å². The molecule has 0 unspecified atom stereocenters. The lowest BCUT2D eigenvalue weighted by atomic mass is 10.1. The van der Waals surface area contributed by atoms with Crippen molar-refractivity contribution in [2.24, 2.45) is 0 Å². The monoisotopic (exact) mass is 501 g/mol. The van der Waals surface area contributed by atoms with Crippen LogP contribution in [-0.2, 0) is 22.1 Å². The van der Waals surface area contributed by atoms with Gasteiger partial charge in [0.1, 0.15) is 12.2 Å². The molecule has 0 saturated carbocycles. The number of carbonyl (C=O) groups is 2. The summed E-state index contributed by atoms with van der Waals surface area (Å²) in [5, 5.41) is 1.53. The first-order chi connectivity index (χ1) is 16.7. The zero-order valence-electron chi connectivity index (χ0n) is 19.0. The fraction of sp³-hybridized carbons (Fsp3) is 0.240. The van der Waals surface area contributed by atoms with Crippen molar-refractivity contribution >= 4 is 34.1 Å². The molecule has 0 aliphatic carbocycles. The number of alkyl halides is 3. The fourth-order valence-electron chi connectivity index (χ4n) is 3.82. The molecule has 182 valence electrons. The quantitative estimate of drug-likeness (QED) is 0.341. The van der Waals surface area contributed by atoms with Crippen LogP contribution in [0.5, 0.6) is 0 Å². The number of carbonyl (C=O) groups excluding carboxylic acids is 2. The van der Waals surface area contributed by atoms with Crippen molar-refractivity contribution in [1.29, 1.82) is 0 Å². The molecule has 2 heterocycles.